The number of hydrogen-bond donors (Lipinski definition) is 1. The third kappa shape index (κ3) is 4.19. The smallest absolute Gasteiger partial charge is 0.326 e. The molecule has 0 radical (unpaired) electrons. The minimum Gasteiger partial charge on any atom is -0.493 e. The Morgan fingerprint density at radius 2 is 1.83 bits per heavy atom. The van der Waals surface area contributed by atoms with Gasteiger partial charge in [-0.2, -0.15) is 0 Å². The highest BCUT2D eigenvalue weighted by Gasteiger charge is 2.49. The number of urea groups is 1. The number of imide groups is 1. The third-order valence-corrected chi connectivity index (χ3v) is 4.99. The summed E-state index contributed by atoms with van der Waals surface area (Å²) in [5.41, 5.74) is 0.701. The number of hydrogen-bond acceptors (Lipinski definition) is 5. The van der Waals surface area contributed by atoms with E-state index in [1.807, 2.05) is 67.4 Å². The Morgan fingerprint density at radius 1 is 1.10 bits per heavy atom. The second-order valence-corrected chi connectivity index (χ2v) is 7.23. The van der Waals surface area contributed by atoms with E-state index in [1.54, 1.807) is 14.0 Å². The van der Waals surface area contributed by atoms with Crippen LogP contribution in [0.5, 0.6) is 11.5 Å². The lowest BCUT2D eigenvalue weighted by Crippen LogP contribution is -2.42. The predicted octanol–water partition coefficient (Wildman–Crippen LogP) is 2.95. The average molecular weight is 397 g/mol. The second kappa shape index (κ2) is 8.53. The summed E-state index contributed by atoms with van der Waals surface area (Å²) in [5, 5.41) is 2.83. The Balaban J connectivity index is 1.70. The summed E-state index contributed by atoms with van der Waals surface area (Å²) in [6, 6.07) is 14.6. The minimum atomic E-state index is -1.05. The molecule has 2 aromatic rings. The highest BCUT2D eigenvalue weighted by molar-refractivity contribution is 6.07. The Morgan fingerprint density at radius 3 is 2.48 bits per heavy atom. The highest BCUT2D eigenvalue weighted by Crippen LogP contribution is 2.30. The number of rotatable bonds is 8. The number of methoxy groups -OCH3 is 1. The van der Waals surface area contributed by atoms with Crippen molar-refractivity contribution in [3.63, 3.8) is 0 Å². The van der Waals surface area contributed by atoms with E-state index in [9.17, 15) is 9.59 Å². The van der Waals surface area contributed by atoms with Gasteiger partial charge in [-0.1, -0.05) is 36.4 Å². The topological polar surface area (TPSA) is 71.1 Å². The second-order valence-electron chi connectivity index (χ2n) is 7.23. The first-order valence-electron chi connectivity index (χ1n) is 9.57. The van der Waals surface area contributed by atoms with E-state index in [-0.39, 0.29) is 12.6 Å². The third-order valence-electron chi connectivity index (χ3n) is 4.99. The van der Waals surface area contributed by atoms with Crippen molar-refractivity contribution in [2.75, 3.05) is 27.4 Å². The number of benzene rings is 2. The van der Waals surface area contributed by atoms with Crippen LogP contribution >= 0.6 is 0 Å². The van der Waals surface area contributed by atoms with Crippen molar-refractivity contribution in [3.8, 4) is 11.5 Å². The van der Waals surface area contributed by atoms with Crippen LogP contribution in [0.25, 0.3) is 0 Å². The largest absolute Gasteiger partial charge is 0.493 e. The molecule has 1 aliphatic rings. The Labute approximate surface area is 171 Å². The predicted molar refractivity (Wildman–Crippen MR) is 110 cm³/mol. The molecule has 1 aliphatic heterocycles. The molecule has 3 amide bonds. The minimum absolute atomic E-state index is 0.183. The first-order valence-corrected chi connectivity index (χ1v) is 9.57. The lowest BCUT2D eigenvalue weighted by Gasteiger charge is -2.25. The van der Waals surface area contributed by atoms with E-state index < -0.39 is 11.6 Å². The molecule has 0 spiro atoms. The zero-order valence-corrected chi connectivity index (χ0v) is 17.3. The van der Waals surface area contributed by atoms with Gasteiger partial charge in [-0.3, -0.25) is 9.69 Å². The van der Waals surface area contributed by atoms with Crippen LogP contribution in [0.4, 0.5) is 4.79 Å². The van der Waals surface area contributed by atoms with Crippen molar-refractivity contribution in [3.05, 3.63) is 59.7 Å². The standard InChI is InChI=1S/C22H27N3O4/c1-5-29-18-12-11-16(13-19(18)28-4)14-24(3)15-25-20(26)22(2,23-21(25)27)17-9-7-6-8-10-17/h6-13H,5,14-15H2,1-4H3,(H,23,27)/t22-/m1/s1. The van der Waals surface area contributed by atoms with E-state index in [1.165, 1.54) is 4.90 Å². The molecule has 7 nitrogen and oxygen atoms in total. The molecule has 1 saturated heterocycles. The van der Waals surface area contributed by atoms with Gasteiger partial charge in [0.2, 0.25) is 0 Å². The molecule has 0 bridgehead atoms. The van der Waals surface area contributed by atoms with Crippen molar-refractivity contribution in [1.82, 2.24) is 15.1 Å². The highest BCUT2D eigenvalue weighted by atomic mass is 16.5. The fourth-order valence-corrected chi connectivity index (χ4v) is 3.48. The van der Waals surface area contributed by atoms with Crippen LogP contribution in [0, 0.1) is 0 Å². The van der Waals surface area contributed by atoms with Gasteiger partial charge < -0.3 is 14.8 Å². The number of nitrogens with one attached hydrogen (secondary N) is 1. The number of nitrogens with zero attached hydrogens (tertiary/aromatic N) is 2. The van der Waals surface area contributed by atoms with Gasteiger partial charge in [-0.05, 0) is 44.2 Å². The lowest BCUT2D eigenvalue weighted by atomic mass is 9.92. The van der Waals surface area contributed by atoms with Gasteiger partial charge in [0.1, 0.15) is 5.54 Å². The SMILES string of the molecule is CCOc1ccc(CN(C)CN2C(=O)N[C@](C)(c3ccccc3)C2=O)cc1OC. The van der Waals surface area contributed by atoms with Gasteiger partial charge >= 0.3 is 6.03 Å². The molecule has 2 aromatic carbocycles. The van der Waals surface area contributed by atoms with Gasteiger partial charge in [0.25, 0.3) is 5.91 Å². The lowest BCUT2D eigenvalue weighted by molar-refractivity contribution is -0.132. The van der Waals surface area contributed by atoms with Crippen molar-refractivity contribution < 1.29 is 19.1 Å². The van der Waals surface area contributed by atoms with E-state index in [0.29, 0.717) is 24.7 Å². The molecule has 1 heterocycles. The van der Waals surface area contributed by atoms with Crippen LogP contribution in [0.1, 0.15) is 25.0 Å². The van der Waals surface area contributed by atoms with Crippen LogP contribution in [0.2, 0.25) is 0 Å². The molecule has 0 aliphatic carbocycles. The molecule has 154 valence electrons. The van der Waals surface area contributed by atoms with Crippen LogP contribution < -0.4 is 14.8 Å². The van der Waals surface area contributed by atoms with Gasteiger partial charge in [0.05, 0.1) is 20.4 Å². The summed E-state index contributed by atoms with van der Waals surface area (Å²) < 4.78 is 10.9. The normalized spacial score (nSPS) is 18.9. The van der Waals surface area contributed by atoms with Crippen molar-refractivity contribution in [2.24, 2.45) is 0 Å². The van der Waals surface area contributed by atoms with Crippen LogP contribution in [0.15, 0.2) is 48.5 Å². The molecule has 1 fully saturated rings. The summed E-state index contributed by atoms with van der Waals surface area (Å²) >= 11 is 0. The molecular formula is C22H27N3O4. The molecule has 0 saturated carbocycles. The first-order chi connectivity index (χ1) is 13.9. The van der Waals surface area contributed by atoms with Crippen molar-refractivity contribution >= 4 is 11.9 Å². The van der Waals surface area contributed by atoms with Crippen LogP contribution in [-0.2, 0) is 16.9 Å². The van der Waals surface area contributed by atoms with Crippen LogP contribution in [-0.4, -0.2) is 49.2 Å². The fourth-order valence-electron chi connectivity index (χ4n) is 3.48. The number of carbonyl (C=O) groups is 2. The number of amides is 3. The van der Waals surface area contributed by atoms with Gasteiger partial charge in [-0.25, -0.2) is 9.69 Å². The van der Waals surface area contributed by atoms with Gasteiger partial charge in [0, 0.05) is 6.54 Å². The van der Waals surface area contributed by atoms with Crippen molar-refractivity contribution in [2.45, 2.75) is 25.9 Å². The number of ether oxygens (including phenoxy) is 2. The molecule has 1 N–H and O–H groups in total. The monoisotopic (exact) mass is 397 g/mol. The summed E-state index contributed by atoms with van der Waals surface area (Å²) in [4.78, 5) is 28.7. The summed E-state index contributed by atoms with van der Waals surface area (Å²) in [7, 11) is 3.46. The van der Waals surface area contributed by atoms with Crippen LogP contribution in [0.3, 0.4) is 0 Å². The summed E-state index contributed by atoms with van der Waals surface area (Å²) in [5.74, 6) is 1.09. The quantitative estimate of drug-likeness (QED) is 0.694. The summed E-state index contributed by atoms with van der Waals surface area (Å²) in [6.07, 6.45) is 0. The van der Waals surface area contributed by atoms with Crippen molar-refractivity contribution in [1.29, 1.82) is 0 Å². The Bertz CT molecular complexity index is 887. The van der Waals surface area contributed by atoms with E-state index >= 15 is 0 Å². The molecule has 3 rings (SSSR count). The fraction of sp³-hybridized carbons (Fsp3) is 0.364. The van der Waals surface area contributed by atoms with Gasteiger partial charge in [-0.15, -0.1) is 0 Å². The molecule has 7 heteroatoms. The molecular weight excluding hydrogens is 370 g/mol. The first kappa shape index (κ1) is 20.7. The maximum absolute atomic E-state index is 13.0. The van der Waals surface area contributed by atoms with E-state index in [4.69, 9.17) is 9.47 Å². The molecule has 0 aromatic heterocycles. The summed E-state index contributed by atoms with van der Waals surface area (Å²) in [6.45, 7) is 4.94. The maximum atomic E-state index is 13.0. The maximum Gasteiger partial charge on any atom is 0.326 e. The molecule has 0 unspecified atom stereocenters. The van der Waals surface area contributed by atoms with E-state index in [2.05, 4.69) is 5.32 Å². The number of carbonyl (C=O) groups excluding carboxylic acids is 2. The Hall–Kier alpha value is -3.06. The molecule has 29 heavy (non-hydrogen) atoms. The average Bonchev–Trinajstić information content (AvgIpc) is 2.94. The zero-order chi connectivity index (χ0) is 21.0. The zero-order valence-electron chi connectivity index (χ0n) is 17.3. The Kier molecular flexibility index (Phi) is 6.08. The van der Waals surface area contributed by atoms with Gasteiger partial charge in [0.15, 0.2) is 11.5 Å². The van der Waals surface area contributed by atoms with E-state index in [0.717, 1.165) is 11.1 Å². The molecule has 1 atom stereocenters.